The zero-order valence-corrected chi connectivity index (χ0v) is 10.0. The van der Waals surface area contributed by atoms with Crippen LogP contribution in [0.3, 0.4) is 0 Å². The van der Waals surface area contributed by atoms with Gasteiger partial charge in [-0.15, -0.1) is 0 Å². The number of hydrogen-bond acceptors (Lipinski definition) is 4. The molecule has 0 aliphatic heterocycles. The van der Waals surface area contributed by atoms with Crippen LogP contribution < -0.4 is 4.74 Å². The van der Waals surface area contributed by atoms with Crippen LogP contribution in [0, 0.1) is 0 Å². The highest BCUT2D eigenvalue weighted by Gasteiger charge is 2.13. The molecule has 16 heavy (non-hydrogen) atoms. The number of unbranched alkanes of at least 4 members (excludes halogenated alkanes) is 1. The van der Waals surface area contributed by atoms with E-state index in [2.05, 4.69) is 0 Å². The lowest BCUT2D eigenvalue weighted by Gasteiger charge is -2.05. The Labute approximate surface area is 95.8 Å². The summed E-state index contributed by atoms with van der Waals surface area (Å²) in [7, 11) is -1.69. The highest BCUT2D eigenvalue weighted by atomic mass is 32.2. The number of benzene rings is 1. The Morgan fingerprint density at radius 1 is 1.19 bits per heavy atom. The van der Waals surface area contributed by atoms with Crippen molar-refractivity contribution in [1.82, 2.24) is 0 Å². The van der Waals surface area contributed by atoms with Crippen molar-refractivity contribution in [3.8, 4) is 5.75 Å². The summed E-state index contributed by atoms with van der Waals surface area (Å²) in [4.78, 5) is 0.297. The summed E-state index contributed by atoms with van der Waals surface area (Å²) in [6, 6.07) is 6.32. The Kier molecular flexibility index (Phi) is 4.76. The molecule has 0 spiro atoms. The number of methoxy groups -OCH3 is 1. The molecule has 1 aromatic carbocycles. The molecule has 0 heterocycles. The van der Waals surface area contributed by atoms with Crippen molar-refractivity contribution < 1.29 is 18.3 Å². The molecule has 0 atom stereocenters. The molecule has 1 rings (SSSR count). The van der Waals surface area contributed by atoms with Gasteiger partial charge in [0.1, 0.15) is 5.75 Å². The minimum absolute atomic E-state index is 0.0259. The number of sulfone groups is 1. The maximum Gasteiger partial charge on any atom is 0.178 e. The molecule has 0 saturated heterocycles. The lowest BCUT2D eigenvalue weighted by molar-refractivity contribution is 0.287. The average Bonchev–Trinajstić information content (AvgIpc) is 2.29. The number of ether oxygens (including phenoxy) is 1. The normalized spacial score (nSPS) is 11.4. The van der Waals surface area contributed by atoms with Crippen LogP contribution in [0.25, 0.3) is 0 Å². The number of hydrogen-bond donors (Lipinski definition) is 1. The molecule has 4 nitrogen and oxygen atoms in total. The first-order valence-electron chi connectivity index (χ1n) is 5.08. The number of aliphatic hydroxyl groups is 1. The van der Waals surface area contributed by atoms with Crippen molar-refractivity contribution in [3.63, 3.8) is 0 Å². The fraction of sp³-hybridized carbons (Fsp3) is 0.455. The molecule has 0 aromatic heterocycles. The van der Waals surface area contributed by atoms with Crippen molar-refractivity contribution in [3.05, 3.63) is 24.3 Å². The van der Waals surface area contributed by atoms with Gasteiger partial charge in [0.15, 0.2) is 9.84 Å². The van der Waals surface area contributed by atoms with Crippen LogP contribution in [0.2, 0.25) is 0 Å². The monoisotopic (exact) mass is 244 g/mol. The summed E-state index contributed by atoms with van der Waals surface area (Å²) in [5, 5.41) is 8.59. The molecule has 0 amide bonds. The predicted octanol–water partition coefficient (Wildman–Crippen LogP) is 1.24. The first-order chi connectivity index (χ1) is 7.60. The molecule has 90 valence electrons. The second-order valence-corrected chi connectivity index (χ2v) is 5.53. The second-order valence-electron chi connectivity index (χ2n) is 3.43. The molecule has 0 radical (unpaired) electrons. The summed E-state index contributed by atoms with van der Waals surface area (Å²) in [5.41, 5.74) is 0. The third-order valence-electron chi connectivity index (χ3n) is 2.24. The van der Waals surface area contributed by atoms with Gasteiger partial charge in [-0.3, -0.25) is 0 Å². The van der Waals surface area contributed by atoms with Gasteiger partial charge >= 0.3 is 0 Å². The van der Waals surface area contributed by atoms with Gasteiger partial charge in [-0.1, -0.05) is 0 Å². The van der Waals surface area contributed by atoms with Gasteiger partial charge in [0, 0.05) is 6.61 Å². The predicted molar refractivity (Wildman–Crippen MR) is 61.4 cm³/mol. The molecule has 0 fully saturated rings. The standard InChI is InChI=1S/C11H16O4S/c1-15-10-4-6-11(7-5-10)16(13,14)9-3-2-8-12/h4-7,12H,2-3,8-9H2,1H3. The lowest BCUT2D eigenvalue weighted by Crippen LogP contribution is -2.07. The average molecular weight is 244 g/mol. The molecule has 1 aromatic rings. The van der Waals surface area contributed by atoms with Gasteiger partial charge in [-0.05, 0) is 37.1 Å². The Balaban J connectivity index is 2.74. The van der Waals surface area contributed by atoms with E-state index in [1.165, 1.54) is 19.2 Å². The van der Waals surface area contributed by atoms with Gasteiger partial charge in [-0.2, -0.15) is 0 Å². The Morgan fingerprint density at radius 3 is 2.31 bits per heavy atom. The van der Waals surface area contributed by atoms with Crippen LogP contribution in [-0.2, 0) is 9.84 Å². The van der Waals surface area contributed by atoms with Gasteiger partial charge < -0.3 is 9.84 Å². The van der Waals surface area contributed by atoms with E-state index < -0.39 is 9.84 Å². The van der Waals surface area contributed by atoms with Crippen molar-refractivity contribution in [2.45, 2.75) is 17.7 Å². The molecule has 1 N–H and O–H groups in total. The lowest BCUT2D eigenvalue weighted by atomic mass is 10.3. The molecular formula is C11H16O4S. The first kappa shape index (κ1) is 13.0. The quantitative estimate of drug-likeness (QED) is 0.765. The van der Waals surface area contributed by atoms with Crippen molar-refractivity contribution in [1.29, 1.82) is 0 Å². The van der Waals surface area contributed by atoms with Crippen molar-refractivity contribution >= 4 is 9.84 Å². The Bertz CT molecular complexity index is 408. The minimum atomic E-state index is -3.22. The van der Waals surface area contributed by atoms with E-state index in [-0.39, 0.29) is 12.4 Å². The summed E-state index contributed by atoms with van der Waals surface area (Å²) >= 11 is 0. The van der Waals surface area contributed by atoms with E-state index in [1.807, 2.05) is 0 Å². The Morgan fingerprint density at radius 2 is 1.81 bits per heavy atom. The molecule has 0 aliphatic rings. The minimum Gasteiger partial charge on any atom is -0.497 e. The third-order valence-corrected chi connectivity index (χ3v) is 4.06. The molecule has 0 saturated carbocycles. The topological polar surface area (TPSA) is 63.6 Å². The highest BCUT2D eigenvalue weighted by Crippen LogP contribution is 2.17. The number of rotatable bonds is 6. The van der Waals surface area contributed by atoms with E-state index in [0.29, 0.717) is 23.5 Å². The van der Waals surface area contributed by atoms with E-state index in [1.54, 1.807) is 12.1 Å². The van der Waals surface area contributed by atoms with Crippen LogP contribution in [-0.4, -0.2) is 33.0 Å². The van der Waals surface area contributed by atoms with Gasteiger partial charge in [0.05, 0.1) is 17.8 Å². The van der Waals surface area contributed by atoms with E-state index in [4.69, 9.17) is 9.84 Å². The smallest absolute Gasteiger partial charge is 0.178 e. The van der Waals surface area contributed by atoms with E-state index >= 15 is 0 Å². The van der Waals surface area contributed by atoms with Crippen LogP contribution in [0.5, 0.6) is 5.75 Å². The molecular weight excluding hydrogens is 228 g/mol. The molecule has 5 heteroatoms. The fourth-order valence-corrected chi connectivity index (χ4v) is 2.68. The fourth-order valence-electron chi connectivity index (χ4n) is 1.30. The zero-order chi connectivity index (χ0) is 12.0. The maximum absolute atomic E-state index is 11.8. The van der Waals surface area contributed by atoms with Crippen LogP contribution in [0.4, 0.5) is 0 Å². The van der Waals surface area contributed by atoms with E-state index in [0.717, 1.165) is 0 Å². The van der Waals surface area contributed by atoms with Crippen LogP contribution in [0.1, 0.15) is 12.8 Å². The van der Waals surface area contributed by atoms with Gasteiger partial charge in [-0.25, -0.2) is 8.42 Å². The zero-order valence-electron chi connectivity index (χ0n) is 9.22. The van der Waals surface area contributed by atoms with Gasteiger partial charge in [0.25, 0.3) is 0 Å². The summed E-state index contributed by atoms with van der Waals surface area (Å²) < 4.78 is 28.5. The summed E-state index contributed by atoms with van der Waals surface area (Å²) in [6.07, 6.45) is 0.986. The Hall–Kier alpha value is -1.07. The molecule has 0 bridgehead atoms. The number of aliphatic hydroxyl groups excluding tert-OH is 1. The van der Waals surface area contributed by atoms with Crippen LogP contribution >= 0.6 is 0 Å². The highest BCUT2D eigenvalue weighted by molar-refractivity contribution is 7.91. The maximum atomic E-state index is 11.8. The molecule has 0 aliphatic carbocycles. The third kappa shape index (κ3) is 3.50. The first-order valence-corrected chi connectivity index (χ1v) is 6.73. The summed E-state index contributed by atoms with van der Waals surface area (Å²) in [5.74, 6) is 0.703. The second kappa shape index (κ2) is 5.86. The SMILES string of the molecule is COc1ccc(S(=O)(=O)CCCCO)cc1. The largest absolute Gasteiger partial charge is 0.497 e. The van der Waals surface area contributed by atoms with Crippen LogP contribution in [0.15, 0.2) is 29.2 Å². The van der Waals surface area contributed by atoms with Gasteiger partial charge in [0.2, 0.25) is 0 Å². The van der Waals surface area contributed by atoms with Crippen molar-refractivity contribution in [2.75, 3.05) is 19.5 Å². The molecule has 0 unspecified atom stereocenters. The van der Waals surface area contributed by atoms with E-state index in [9.17, 15) is 8.42 Å². The van der Waals surface area contributed by atoms with Crippen molar-refractivity contribution in [2.24, 2.45) is 0 Å². The summed E-state index contributed by atoms with van der Waals surface area (Å²) in [6.45, 7) is 0.0259.